The Balaban J connectivity index is 1.80. The summed E-state index contributed by atoms with van der Waals surface area (Å²) in [7, 11) is 0. The molecule has 2 heterocycles. The first kappa shape index (κ1) is 11.2. The van der Waals surface area contributed by atoms with Crippen molar-refractivity contribution in [2.24, 2.45) is 0 Å². The molecule has 2 nitrogen and oxygen atoms in total. The van der Waals surface area contributed by atoms with Gasteiger partial charge in [-0.25, -0.2) is 0 Å². The lowest BCUT2D eigenvalue weighted by atomic mass is 10.1. The minimum atomic E-state index is -0.131. The van der Waals surface area contributed by atoms with Gasteiger partial charge < -0.3 is 5.11 Å². The zero-order valence-electron chi connectivity index (χ0n) is 9.80. The SMILES string of the molecule is OC1CCCN(Cc2csc3ccccc23)C1. The van der Waals surface area contributed by atoms with Gasteiger partial charge in [-0.15, -0.1) is 11.3 Å². The van der Waals surface area contributed by atoms with Crippen molar-refractivity contribution < 1.29 is 5.11 Å². The Hall–Kier alpha value is -0.900. The molecule has 1 saturated heterocycles. The summed E-state index contributed by atoms with van der Waals surface area (Å²) in [5, 5.41) is 13.3. The summed E-state index contributed by atoms with van der Waals surface area (Å²) >= 11 is 1.81. The van der Waals surface area contributed by atoms with E-state index in [-0.39, 0.29) is 6.10 Å². The minimum Gasteiger partial charge on any atom is -0.392 e. The van der Waals surface area contributed by atoms with Gasteiger partial charge in [0.2, 0.25) is 0 Å². The van der Waals surface area contributed by atoms with Gasteiger partial charge in [0.1, 0.15) is 0 Å². The summed E-state index contributed by atoms with van der Waals surface area (Å²) in [5.74, 6) is 0. The smallest absolute Gasteiger partial charge is 0.0667 e. The molecule has 0 saturated carbocycles. The van der Waals surface area contributed by atoms with E-state index in [4.69, 9.17) is 0 Å². The highest BCUT2D eigenvalue weighted by Gasteiger charge is 2.18. The highest BCUT2D eigenvalue weighted by Crippen LogP contribution is 2.27. The second-order valence-corrected chi connectivity index (χ2v) is 5.70. The van der Waals surface area contributed by atoms with E-state index in [1.54, 1.807) is 0 Å². The second-order valence-electron chi connectivity index (χ2n) is 4.79. The number of rotatable bonds is 2. The number of thiophene rings is 1. The van der Waals surface area contributed by atoms with Crippen molar-refractivity contribution in [3.63, 3.8) is 0 Å². The third-order valence-electron chi connectivity index (χ3n) is 3.44. The van der Waals surface area contributed by atoms with E-state index in [1.807, 2.05) is 11.3 Å². The third-order valence-corrected chi connectivity index (χ3v) is 4.45. The van der Waals surface area contributed by atoms with Crippen LogP contribution in [0.15, 0.2) is 29.6 Å². The minimum absolute atomic E-state index is 0.131. The standard InChI is InChI=1S/C14H17NOS/c16-12-4-3-7-15(9-12)8-11-10-17-14-6-2-1-5-13(11)14/h1-2,5-6,10,12,16H,3-4,7-9H2. The molecular weight excluding hydrogens is 230 g/mol. The van der Waals surface area contributed by atoms with Gasteiger partial charge in [0.15, 0.2) is 0 Å². The maximum Gasteiger partial charge on any atom is 0.0667 e. The van der Waals surface area contributed by atoms with Crippen LogP contribution in [-0.2, 0) is 6.54 Å². The fourth-order valence-corrected chi connectivity index (χ4v) is 3.52. The Morgan fingerprint density at radius 3 is 3.12 bits per heavy atom. The highest BCUT2D eigenvalue weighted by molar-refractivity contribution is 7.17. The Morgan fingerprint density at radius 2 is 2.24 bits per heavy atom. The van der Waals surface area contributed by atoms with Crippen LogP contribution in [0, 0.1) is 0 Å². The van der Waals surface area contributed by atoms with Crippen molar-refractivity contribution in [1.82, 2.24) is 4.90 Å². The number of β-amino-alcohol motifs (C(OH)–C–C–N with tert-alkyl or cyclic N) is 1. The fraction of sp³-hybridized carbons (Fsp3) is 0.429. The lowest BCUT2D eigenvalue weighted by Gasteiger charge is -2.29. The quantitative estimate of drug-likeness (QED) is 0.882. The molecule has 2 aromatic rings. The largest absolute Gasteiger partial charge is 0.392 e. The van der Waals surface area contributed by atoms with Crippen molar-refractivity contribution in [2.75, 3.05) is 13.1 Å². The first-order valence-corrected chi connectivity index (χ1v) is 7.06. The zero-order chi connectivity index (χ0) is 11.7. The van der Waals surface area contributed by atoms with Gasteiger partial charge in [0, 0.05) is 17.8 Å². The molecule has 3 rings (SSSR count). The van der Waals surface area contributed by atoms with Crippen molar-refractivity contribution >= 4 is 21.4 Å². The van der Waals surface area contributed by atoms with Gasteiger partial charge in [-0.2, -0.15) is 0 Å². The summed E-state index contributed by atoms with van der Waals surface area (Å²) < 4.78 is 1.36. The van der Waals surface area contributed by atoms with Crippen LogP contribution in [-0.4, -0.2) is 29.2 Å². The van der Waals surface area contributed by atoms with Gasteiger partial charge in [0.05, 0.1) is 6.10 Å². The molecule has 17 heavy (non-hydrogen) atoms. The number of likely N-dealkylation sites (tertiary alicyclic amines) is 1. The molecule has 0 bridgehead atoms. The topological polar surface area (TPSA) is 23.5 Å². The molecular formula is C14H17NOS. The summed E-state index contributed by atoms with van der Waals surface area (Å²) in [6.07, 6.45) is 1.94. The molecule has 1 aliphatic heterocycles. The first-order valence-electron chi connectivity index (χ1n) is 6.18. The predicted octanol–water partition coefficient (Wildman–Crippen LogP) is 2.86. The predicted molar refractivity (Wildman–Crippen MR) is 72.3 cm³/mol. The number of aliphatic hydroxyl groups excluding tert-OH is 1. The molecule has 3 heteroatoms. The molecule has 1 aromatic carbocycles. The Bertz CT molecular complexity index is 508. The zero-order valence-corrected chi connectivity index (χ0v) is 10.6. The highest BCUT2D eigenvalue weighted by atomic mass is 32.1. The molecule has 90 valence electrons. The molecule has 0 aliphatic carbocycles. The van der Waals surface area contributed by atoms with E-state index in [1.165, 1.54) is 15.6 Å². The van der Waals surface area contributed by atoms with Gasteiger partial charge in [-0.05, 0) is 41.8 Å². The normalized spacial score (nSPS) is 22.1. The van der Waals surface area contributed by atoms with Crippen LogP contribution in [0.25, 0.3) is 10.1 Å². The maximum atomic E-state index is 9.68. The number of nitrogens with zero attached hydrogens (tertiary/aromatic N) is 1. The van der Waals surface area contributed by atoms with E-state index < -0.39 is 0 Å². The first-order chi connectivity index (χ1) is 8.33. The average molecular weight is 247 g/mol. The van der Waals surface area contributed by atoms with Crippen LogP contribution in [0.5, 0.6) is 0 Å². The van der Waals surface area contributed by atoms with Gasteiger partial charge >= 0.3 is 0 Å². The third kappa shape index (κ3) is 2.37. The van der Waals surface area contributed by atoms with E-state index in [9.17, 15) is 5.11 Å². The van der Waals surface area contributed by atoms with Gasteiger partial charge in [0.25, 0.3) is 0 Å². The summed E-state index contributed by atoms with van der Waals surface area (Å²) in [4.78, 5) is 2.36. The Morgan fingerprint density at radius 1 is 1.35 bits per heavy atom. The molecule has 1 N–H and O–H groups in total. The molecule has 1 unspecified atom stereocenters. The van der Waals surface area contributed by atoms with Crippen molar-refractivity contribution in [1.29, 1.82) is 0 Å². The van der Waals surface area contributed by atoms with Crippen LogP contribution in [0.3, 0.4) is 0 Å². The molecule has 1 aliphatic rings. The van der Waals surface area contributed by atoms with Crippen LogP contribution >= 0.6 is 11.3 Å². The number of hydrogen-bond donors (Lipinski definition) is 1. The molecule has 0 amide bonds. The number of piperidine rings is 1. The summed E-state index contributed by atoms with van der Waals surface area (Å²) in [5.41, 5.74) is 1.40. The van der Waals surface area contributed by atoms with E-state index in [2.05, 4.69) is 34.5 Å². The van der Waals surface area contributed by atoms with Gasteiger partial charge in [-0.3, -0.25) is 4.90 Å². The maximum absolute atomic E-state index is 9.68. The lowest BCUT2D eigenvalue weighted by Crippen LogP contribution is -2.37. The van der Waals surface area contributed by atoms with Crippen LogP contribution in [0.2, 0.25) is 0 Å². The van der Waals surface area contributed by atoms with Crippen molar-refractivity contribution in [3.05, 3.63) is 35.2 Å². The monoisotopic (exact) mass is 247 g/mol. The number of aliphatic hydroxyl groups is 1. The van der Waals surface area contributed by atoms with E-state index in [0.717, 1.165) is 32.5 Å². The molecule has 0 spiro atoms. The molecule has 0 radical (unpaired) electrons. The van der Waals surface area contributed by atoms with Crippen LogP contribution < -0.4 is 0 Å². The summed E-state index contributed by atoms with van der Waals surface area (Å²) in [6.45, 7) is 2.91. The van der Waals surface area contributed by atoms with Gasteiger partial charge in [-0.1, -0.05) is 18.2 Å². The number of hydrogen-bond acceptors (Lipinski definition) is 3. The molecule has 1 atom stereocenters. The van der Waals surface area contributed by atoms with Crippen LogP contribution in [0.1, 0.15) is 18.4 Å². The lowest BCUT2D eigenvalue weighted by molar-refractivity contribution is 0.0671. The fourth-order valence-electron chi connectivity index (χ4n) is 2.57. The van der Waals surface area contributed by atoms with E-state index in [0.29, 0.717) is 0 Å². The molecule has 1 aromatic heterocycles. The van der Waals surface area contributed by atoms with Crippen molar-refractivity contribution in [3.8, 4) is 0 Å². The summed E-state index contributed by atoms with van der Waals surface area (Å²) in [6, 6.07) is 8.56. The van der Waals surface area contributed by atoms with E-state index >= 15 is 0 Å². The Kier molecular flexibility index (Phi) is 3.14. The molecule has 1 fully saturated rings. The van der Waals surface area contributed by atoms with Crippen molar-refractivity contribution in [2.45, 2.75) is 25.5 Å². The average Bonchev–Trinajstić information content (AvgIpc) is 2.73. The van der Waals surface area contributed by atoms with Crippen LogP contribution in [0.4, 0.5) is 0 Å². The number of fused-ring (bicyclic) bond motifs is 1. The number of benzene rings is 1. The second kappa shape index (κ2) is 4.77. The Labute approximate surface area is 105 Å².